The van der Waals surface area contributed by atoms with Crippen LogP contribution in [0.1, 0.15) is 26.2 Å². The topological polar surface area (TPSA) is 21.7 Å². The van der Waals surface area contributed by atoms with Gasteiger partial charge in [-0.3, -0.25) is 0 Å². The second-order valence-electron chi connectivity index (χ2n) is 6.26. The molecule has 3 nitrogen and oxygen atoms in total. The van der Waals surface area contributed by atoms with Crippen molar-refractivity contribution < 1.29 is 9.47 Å². The first-order valence-corrected chi connectivity index (χ1v) is 9.84. The Labute approximate surface area is 152 Å². The molecule has 1 saturated heterocycles. The van der Waals surface area contributed by atoms with E-state index in [9.17, 15) is 0 Å². The lowest BCUT2D eigenvalue weighted by molar-refractivity contribution is 0.322. The predicted molar refractivity (Wildman–Crippen MR) is 106 cm³/mol. The van der Waals surface area contributed by atoms with Gasteiger partial charge in [0.25, 0.3) is 0 Å². The molecule has 4 rings (SSSR count). The predicted octanol–water partition coefficient (Wildman–Crippen LogP) is 6.08. The van der Waals surface area contributed by atoms with Crippen molar-refractivity contribution in [1.82, 2.24) is 0 Å². The van der Waals surface area contributed by atoms with Crippen molar-refractivity contribution in [2.24, 2.45) is 0 Å². The van der Waals surface area contributed by atoms with Gasteiger partial charge in [0.1, 0.15) is 5.00 Å². The lowest BCUT2D eigenvalue weighted by Crippen LogP contribution is -2.28. The van der Waals surface area contributed by atoms with E-state index in [1.807, 2.05) is 42.5 Å². The minimum Gasteiger partial charge on any atom is -0.490 e. The molecule has 0 saturated carbocycles. The van der Waals surface area contributed by atoms with Gasteiger partial charge < -0.3 is 14.4 Å². The third-order valence-corrected chi connectivity index (χ3v) is 5.75. The maximum atomic E-state index is 6.44. The van der Waals surface area contributed by atoms with E-state index < -0.39 is 0 Å². The van der Waals surface area contributed by atoms with Crippen molar-refractivity contribution >= 4 is 26.4 Å². The van der Waals surface area contributed by atoms with Crippen LogP contribution in [0.15, 0.2) is 48.5 Å². The highest BCUT2D eigenvalue weighted by Crippen LogP contribution is 2.48. The van der Waals surface area contributed by atoms with E-state index in [-0.39, 0.29) is 0 Å². The molecule has 130 valence electrons. The van der Waals surface area contributed by atoms with Gasteiger partial charge in [-0.05, 0) is 50.5 Å². The van der Waals surface area contributed by atoms with E-state index >= 15 is 0 Å². The van der Waals surface area contributed by atoms with Gasteiger partial charge in [0.2, 0.25) is 0 Å². The van der Waals surface area contributed by atoms with E-state index in [1.54, 1.807) is 0 Å². The van der Waals surface area contributed by atoms with Crippen LogP contribution in [0.3, 0.4) is 0 Å². The molecule has 0 aliphatic carbocycles. The highest BCUT2D eigenvalue weighted by molar-refractivity contribution is 7.23. The lowest BCUT2D eigenvalue weighted by atomic mass is 10.1. The van der Waals surface area contributed by atoms with Crippen molar-refractivity contribution in [3.05, 3.63) is 48.5 Å². The fraction of sp³-hybridized carbons (Fsp3) is 0.333. The number of hydrogen-bond donors (Lipinski definition) is 0. The quantitative estimate of drug-likeness (QED) is 0.554. The minimum absolute atomic E-state index is 0.629. The molecular weight excluding hydrogens is 330 g/mol. The standard InChI is InChI=1S/C21H23NO2S/c1-2-23-17-11-5-6-12-18(17)24-20-16-10-4-7-13-19(16)25-21(20)22-14-8-3-9-15-22/h4-7,10-13H,2-3,8-9,14-15H2,1H3. The molecule has 3 aromatic rings. The van der Waals surface area contributed by atoms with Gasteiger partial charge in [0, 0.05) is 23.2 Å². The van der Waals surface area contributed by atoms with Gasteiger partial charge in [-0.1, -0.05) is 24.3 Å². The van der Waals surface area contributed by atoms with Crippen molar-refractivity contribution in [2.75, 3.05) is 24.6 Å². The molecule has 0 spiro atoms. The summed E-state index contributed by atoms with van der Waals surface area (Å²) in [5.41, 5.74) is 0. The molecule has 0 amide bonds. The summed E-state index contributed by atoms with van der Waals surface area (Å²) < 4.78 is 13.5. The van der Waals surface area contributed by atoms with Crippen molar-refractivity contribution in [3.63, 3.8) is 0 Å². The zero-order valence-electron chi connectivity index (χ0n) is 14.5. The number of nitrogens with zero attached hydrogens (tertiary/aromatic N) is 1. The molecule has 0 N–H and O–H groups in total. The van der Waals surface area contributed by atoms with Crippen LogP contribution >= 0.6 is 11.3 Å². The highest BCUT2D eigenvalue weighted by atomic mass is 32.1. The Bertz CT molecular complexity index is 852. The zero-order valence-corrected chi connectivity index (χ0v) is 15.3. The van der Waals surface area contributed by atoms with Crippen molar-refractivity contribution in [2.45, 2.75) is 26.2 Å². The molecule has 0 bridgehead atoms. The van der Waals surface area contributed by atoms with Crippen LogP contribution in [-0.2, 0) is 0 Å². The molecule has 0 radical (unpaired) electrons. The molecule has 0 atom stereocenters. The smallest absolute Gasteiger partial charge is 0.169 e. The average Bonchev–Trinajstić information content (AvgIpc) is 3.03. The minimum atomic E-state index is 0.629. The maximum Gasteiger partial charge on any atom is 0.169 e. The Morgan fingerprint density at radius 3 is 2.44 bits per heavy atom. The zero-order chi connectivity index (χ0) is 17.1. The molecule has 2 heterocycles. The molecule has 4 heteroatoms. The molecule has 0 unspecified atom stereocenters. The fourth-order valence-corrected chi connectivity index (χ4v) is 4.51. The third kappa shape index (κ3) is 3.31. The van der Waals surface area contributed by atoms with Gasteiger partial charge in [-0.25, -0.2) is 0 Å². The highest BCUT2D eigenvalue weighted by Gasteiger charge is 2.22. The molecule has 2 aromatic carbocycles. The Balaban J connectivity index is 1.77. The summed E-state index contributed by atoms with van der Waals surface area (Å²) in [7, 11) is 0. The molecule has 1 aliphatic heterocycles. The number of thiophene rings is 1. The summed E-state index contributed by atoms with van der Waals surface area (Å²) in [6.07, 6.45) is 3.83. The number of benzene rings is 2. The maximum absolute atomic E-state index is 6.44. The number of ether oxygens (including phenoxy) is 2. The summed E-state index contributed by atoms with van der Waals surface area (Å²) >= 11 is 1.83. The lowest BCUT2D eigenvalue weighted by Gasteiger charge is -2.28. The van der Waals surface area contributed by atoms with Crippen LogP contribution in [-0.4, -0.2) is 19.7 Å². The number of para-hydroxylation sites is 2. The first-order valence-electron chi connectivity index (χ1n) is 9.03. The number of rotatable bonds is 5. The summed E-state index contributed by atoms with van der Waals surface area (Å²) in [5, 5.41) is 2.42. The SMILES string of the molecule is CCOc1ccccc1Oc1c(N2CCCCC2)sc2ccccc12. The Morgan fingerprint density at radius 2 is 1.64 bits per heavy atom. The Kier molecular flexibility index (Phi) is 4.79. The number of anilines is 1. The van der Waals surface area contributed by atoms with Crippen LogP contribution in [0.4, 0.5) is 5.00 Å². The summed E-state index contributed by atoms with van der Waals surface area (Å²) in [6.45, 7) is 4.84. The molecule has 1 aliphatic rings. The molecule has 1 fully saturated rings. The van der Waals surface area contributed by atoms with E-state index in [0.717, 1.165) is 30.3 Å². The number of hydrogen-bond acceptors (Lipinski definition) is 4. The van der Waals surface area contributed by atoms with E-state index in [2.05, 4.69) is 29.2 Å². The van der Waals surface area contributed by atoms with Gasteiger partial charge in [0.15, 0.2) is 17.2 Å². The fourth-order valence-electron chi connectivity index (χ4n) is 3.33. The normalized spacial score (nSPS) is 14.7. The van der Waals surface area contributed by atoms with Crippen molar-refractivity contribution in [3.8, 4) is 17.2 Å². The van der Waals surface area contributed by atoms with Gasteiger partial charge >= 0.3 is 0 Å². The van der Waals surface area contributed by atoms with Crippen LogP contribution < -0.4 is 14.4 Å². The average molecular weight is 353 g/mol. The van der Waals surface area contributed by atoms with Gasteiger partial charge in [-0.2, -0.15) is 0 Å². The number of fused-ring (bicyclic) bond motifs is 1. The molecule has 25 heavy (non-hydrogen) atoms. The number of piperidine rings is 1. The summed E-state index contributed by atoms with van der Waals surface area (Å²) in [6, 6.07) is 16.4. The Hall–Kier alpha value is -2.20. The van der Waals surface area contributed by atoms with Crippen LogP contribution in [0.25, 0.3) is 10.1 Å². The molecular formula is C21H23NO2S. The van der Waals surface area contributed by atoms with Crippen LogP contribution in [0, 0.1) is 0 Å². The second kappa shape index (κ2) is 7.36. The van der Waals surface area contributed by atoms with E-state index in [4.69, 9.17) is 9.47 Å². The third-order valence-electron chi connectivity index (χ3n) is 4.54. The van der Waals surface area contributed by atoms with Gasteiger partial charge in [0.05, 0.1) is 6.61 Å². The largest absolute Gasteiger partial charge is 0.490 e. The van der Waals surface area contributed by atoms with Gasteiger partial charge in [-0.15, -0.1) is 11.3 Å². The van der Waals surface area contributed by atoms with E-state index in [1.165, 1.54) is 34.3 Å². The van der Waals surface area contributed by atoms with E-state index in [0.29, 0.717) is 6.61 Å². The second-order valence-corrected chi connectivity index (χ2v) is 7.29. The molecule has 1 aromatic heterocycles. The first kappa shape index (κ1) is 16.3. The van der Waals surface area contributed by atoms with Crippen LogP contribution in [0.2, 0.25) is 0 Å². The monoisotopic (exact) mass is 353 g/mol. The summed E-state index contributed by atoms with van der Waals surface area (Å²) in [5.74, 6) is 2.55. The summed E-state index contributed by atoms with van der Waals surface area (Å²) in [4.78, 5) is 2.48. The Morgan fingerprint density at radius 1 is 0.920 bits per heavy atom. The first-order chi connectivity index (χ1) is 12.4. The van der Waals surface area contributed by atoms with Crippen LogP contribution in [0.5, 0.6) is 17.2 Å². The van der Waals surface area contributed by atoms with Crippen molar-refractivity contribution in [1.29, 1.82) is 0 Å².